The van der Waals surface area contributed by atoms with Crippen molar-refractivity contribution in [2.24, 2.45) is 5.73 Å². The smallest absolute Gasteiger partial charge is 0.141 e. The number of aryl methyl sites for hydroxylation is 2. The van der Waals surface area contributed by atoms with Crippen LogP contribution >= 0.6 is 0 Å². The van der Waals surface area contributed by atoms with Gasteiger partial charge in [-0.25, -0.2) is 9.97 Å². The van der Waals surface area contributed by atoms with Gasteiger partial charge in [-0.05, 0) is 44.4 Å². The first-order valence-corrected chi connectivity index (χ1v) is 9.58. The van der Waals surface area contributed by atoms with Crippen molar-refractivity contribution in [3.8, 4) is 11.1 Å². The van der Waals surface area contributed by atoms with E-state index in [0.717, 1.165) is 39.3 Å². The van der Waals surface area contributed by atoms with Gasteiger partial charge >= 0.3 is 0 Å². The number of nitrogens with zero attached hydrogens (tertiary/aromatic N) is 4. The predicted octanol–water partition coefficient (Wildman–Crippen LogP) is 4.25. The fourth-order valence-corrected chi connectivity index (χ4v) is 3.58. The quantitative estimate of drug-likeness (QED) is 0.729. The van der Waals surface area contributed by atoms with Crippen LogP contribution in [0.3, 0.4) is 0 Å². The van der Waals surface area contributed by atoms with E-state index in [9.17, 15) is 0 Å². The molecule has 1 aliphatic rings. The Bertz CT molecular complexity index is 877. The zero-order chi connectivity index (χ0) is 19.4. The van der Waals surface area contributed by atoms with Gasteiger partial charge in [0.25, 0.3) is 0 Å². The van der Waals surface area contributed by atoms with Crippen LogP contribution in [0.1, 0.15) is 43.6 Å². The van der Waals surface area contributed by atoms with Gasteiger partial charge in [-0.1, -0.05) is 30.5 Å². The summed E-state index contributed by atoms with van der Waals surface area (Å²) in [6.45, 7) is 3.87. The number of rotatable bonds is 2. The van der Waals surface area contributed by atoms with E-state index in [1.165, 1.54) is 32.1 Å². The number of nitrogens with two attached hydrogens (primary N) is 1. The van der Waals surface area contributed by atoms with Crippen LogP contribution in [-0.2, 0) is 0 Å². The van der Waals surface area contributed by atoms with Crippen molar-refractivity contribution >= 4 is 16.7 Å². The van der Waals surface area contributed by atoms with Crippen molar-refractivity contribution in [3.63, 3.8) is 0 Å². The average Bonchev–Trinajstić information content (AvgIpc) is 3.00. The Labute approximate surface area is 160 Å². The molecule has 1 aromatic carbocycles. The number of aromatic nitrogens is 3. The SMILES string of the molecule is Cc1noc(C)c1-c1ccc2ncnc(N(C)C)c2c1.NC1CCCCC1. The maximum atomic E-state index is 5.63. The molecule has 0 amide bonds. The number of anilines is 1. The lowest BCUT2D eigenvalue weighted by molar-refractivity contribution is 0.393. The van der Waals surface area contributed by atoms with E-state index in [-0.39, 0.29) is 0 Å². The maximum absolute atomic E-state index is 5.63. The second-order valence-corrected chi connectivity index (χ2v) is 7.42. The maximum Gasteiger partial charge on any atom is 0.141 e. The van der Waals surface area contributed by atoms with Gasteiger partial charge in [-0.3, -0.25) is 0 Å². The first-order chi connectivity index (χ1) is 13.0. The molecule has 27 heavy (non-hydrogen) atoms. The molecule has 4 rings (SSSR count). The van der Waals surface area contributed by atoms with Crippen LogP contribution in [0.15, 0.2) is 29.0 Å². The third-order valence-electron chi connectivity index (χ3n) is 5.01. The molecule has 0 radical (unpaired) electrons. The van der Waals surface area contributed by atoms with Crippen LogP contribution in [-0.4, -0.2) is 35.3 Å². The van der Waals surface area contributed by atoms with Crippen molar-refractivity contribution in [3.05, 3.63) is 36.0 Å². The van der Waals surface area contributed by atoms with Crippen molar-refractivity contribution < 1.29 is 4.52 Å². The molecule has 0 unspecified atom stereocenters. The molecule has 0 spiro atoms. The number of fused-ring (bicyclic) bond motifs is 1. The summed E-state index contributed by atoms with van der Waals surface area (Å²) in [6, 6.07) is 6.68. The molecule has 2 N–H and O–H groups in total. The van der Waals surface area contributed by atoms with Gasteiger partial charge in [0.2, 0.25) is 0 Å². The second-order valence-electron chi connectivity index (χ2n) is 7.42. The molecule has 3 aromatic rings. The molecule has 2 heterocycles. The van der Waals surface area contributed by atoms with E-state index < -0.39 is 0 Å². The molecular formula is C21H29N5O. The Hall–Kier alpha value is -2.47. The fraction of sp³-hybridized carbons (Fsp3) is 0.476. The zero-order valence-corrected chi connectivity index (χ0v) is 16.7. The molecule has 6 nitrogen and oxygen atoms in total. The molecule has 1 saturated carbocycles. The van der Waals surface area contributed by atoms with Crippen molar-refractivity contribution in [2.45, 2.75) is 52.0 Å². The highest BCUT2D eigenvalue weighted by Gasteiger charge is 2.13. The standard InChI is InChI=1S/C15H16N4O.C6H13N/c1-9-14(10(2)20-18-9)11-5-6-13-12(7-11)15(19(3)4)17-8-16-13;7-6-4-2-1-3-5-6/h5-8H,1-4H3;6H,1-5,7H2. The predicted molar refractivity (Wildman–Crippen MR) is 110 cm³/mol. The molecule has 0 bridgehead atoms. The van der Waals surface area contributed by atoms with Gasteiger partial charge in [-0.2, -0.15) is 0 Å². The molecule has 144 valence electrons. The number of benzene rings is 1. The van der Waals surface area contributed by atoms with E-state index >= 15 is 0 Å². The van der Waals surface area contributed by atoms with Crippen LogP contribution in [0.2, 0.25) is 0 Å². The van der Waals surface area contributed by atoms with E-state index in [1.54, 1.807) is 6.33 Å². The molecule has 0 saturated heterocycles. The van der Waals surface area contributed by atoms with E-state index in [4.69, 9.17) is 10.3 Å². The molecule has 1 fully saturated rings. The van der Waals surface area contributed by atoms with Crippen LogP contribution in [0, 0.1) is 13.8 Å². The Kier molecular flexibility index (Phi) is 6.06. The van der Waals surface area contributed by atoms with Crippen molar-refractivity contribution in [2.75, 3.05) is 19.0 Å². The first kappa shape index (κ1) is 19.3. The lowest BCUT2D eigenvalue weighted by Gasteiger charge is -2.15. The Morgan fingerprint density at radius 3 is 2.37 bits per heavy atom. The monoisotopic (exact) mass is 367 g/mol. The second kappa shape index (κ2) is 8.48. The summed E-state index contributed by atoms with van der Waals surface area (Å²) in [5, 5.41) is 5.04. The summed E-state index contributed by atoms with van der Waals surface area (Å²) < 4.78 is 5.25. The third kappa shape index (κ3) is 4.45. The third-order valence-corrected chi connectivity index (χ3v) is 5.01. The molecule has 1 aliphatic carbocycles. The van der Waals surface area contributed by atoms with Crippen LogP contribution in [0.4, 0.5) is 5.82 Å². The summed E-state index contributed by atoms with van der Waals surface area (Å²) in [6.07, 6.45) is 8.25. The van der Waals surface area contributed by atoms with Crippen LogP contribution in [0.5, 0.6) is 0 Å². The number of hydrogen-bond acceptors (Lipinski definition) is 6. The first-order valence-electron chi connectivity index (χ1n) is 9.58. The molecule has 2 aromatic heterocycles. The molecule has 0 aliphatic heterocycles. The lowest BCUT2D eigenvalue weighted by atomic mass is 9.97. The van der Waals surface area contributed by atoms with Crippen LogP contribution in [0.25, 0.3) is 22.0 Å². The summed E-state index contributed by atoms with van der Waals surface area (Å²) in [5.41, 5.74) is 9.58. The van der Waals surface area contributed by atoms with Gasteiger partial charge in [-0.15, -0.1) is 0 Å². The largest absolute Gasteiger partial charge is 0.362 e. The minimum absolute atomic E-state index is 0.536. The summed E-state index contributed by atoms with van der Waals surface area (Å²) >= 11 is 0. The van der Waals surface area contributed by atoms with Gasteiger partial charge < -0.3 is 15.2 Å². The van der Waals surface area contributed by atoms with Gasteiger partial charge in [0.15, 0.2) is 0 Å². The summed E-state index contributed by atoms with van der Waals surface area (Å²) in [4.78, 5) is 10.7. The van der Waals surface area contributed by atoms with Gasteiger partial charge in [0.1, 0.15) is 17.9 Å². The topological polar surface area (TPSA) is 81.1 Å². The van der Waals surface area contributed by atoms with Crippen molar-refractivity contribution in [1.82, 2.24) is 15.1 Å². The molecule has 0 atom stereocenters. The molecular weight excluding hydrogens is 338 g/mol. The highest BCUT2D eigenvalue weighted by atomic mass is 16.5. The van der Waals surface area contributed by atoms with Gasteiger partial charge in [0, 0.05) is 31.1 Å². The highest BCUT2D eigenvalue weighted by molar-refractivity contribution is 5.93. The number of hydrogen-bond donors (Lipinski definition) is 1. The van der Waals surface area contributed by atoms with E-state index in [1.807, 2.05) is 45.0 Å². The minimum atomic E-state index is 0.536. The molecule has 6 heteroatoms. The Balaban J connectivity index is 0.000000253. The fourth-order valence-electron chi connectivity index (χ4n) is 3.58. The van der Waals surface area contributed by atoms with Crippen LogP contribution < -0.4 is 10.6 Å². The Morgan fingerprint density at radius 2 is 1.81 bits per heavy atom. The lowest BCUT2D eigenvalue weighted by Crippen LogP contribution is -2.22. The van der Waals surface area contributed by atoms with E-state index in [0.29, 0.717) is 6.04 Å². The van der Waals surface area contributed by atoms with Gasteiger partial charge in [0.05, 0.1) is 11.2 Å². The Morgan fingerprint density at radius 1 is 1.07 bits per heavy atom. The van der Waals surface area contributed by atoms with E-state index in [2.05, 4.69) is 21.2 Å². The minimum Gasteiger partial charge on any atom is -0.362 e. The van der Waals surface area contributed by atoms with Crippen molar-refractivity contribution in [1.29, 1.82) is 0 Å². The normalized spacial score (nSPS) is 14.7. The summed E-state index contributed by atoms with van der Waals surface area (Å²) in [7, 11) is 3.95. The average molecular weight is 367 g/mol. The zero-order valence-electron chi connectivity index (χ0n) is 16.7. The summed E-state index contributed by atoms with van der Waals surface area (Å²) in [5.74, 6) is 1.73. The highest BCUT2D eigenvalue weighted by Crippen LogP contribution is 2.31.